The van der Waals surface area contributed by atoms with Crippen molar-refractivity contribution < 1.29 is 23.7 Å². The van der Waals surface area contributed by atoms with Gasteiger partial charge in [-0.1, -0.05) is 18.2 Å². The van der Waals surface area contributed by atoms with Gasteiger partial charge < -0.3 is 24.3 Å². The first-order valence-electron chi connectivity index (χ1n) is 7.91. The predicted molar refractivity (Wildman–Crippen MR) is 94.5 cm³/mol. The Hall–Kier alpha value is -2.89. The molecule has 0 saturated carbocycles. The average molecular weight is 345 g/mol. The van der Waals surface area contributed by atoms with Crippen LogP contribution in [0.15, 0.2) is 42.5 Å². The SMILES string of the molecule is COc1cc(CNC(=O)CCOc2ccccc2)cc(OC)c1OC. The molecule has 0 aliphatic carbocycles. The van der Waals surface area contributed by atoms with Gasteiger partial charge in [0.2, 0.25) is 11.7 Å². The van der Waals surface area contributed by atoms with Crippen molar-refractivity contribution in [3.05, 3.63) is 48.0 Å². The Bertz CT molecular complexity index is 662. The maximum absolute atomic E-state index is 12.0. The van der Waals surface area contributed by atoms with E-state index in [1.165, 1.54) is 0 Å². The number of carbonyl (C=O) groups excluding carboxylic acids is 1. The van der Waals surface area contributed by atoms with Crippen LogP contribution in [0.4, 0.5) is 0 Å². The van der Waals surface area contributed by atoms with Crippen LogP contribution in [0.25, 0.3) is 0 Å². The van der Waals surface area contributed by atoms with Crippen LogP contribution in [0.3, 0.4) is 0 Å². The molecule has 0 aliphatic heterocycles. The van der Waals surface area contributed by atoms with E-state index in [0.717, 1.165) is 11.3 Å². The topological polar surface area (TPSA) is 66.0 Å². The highest BCUT2D eigenvalue weighted by atomic mass is 16.5. The number of methoxy groups -OCH3 is 3. The fraction of sp³-hybridized carbons (Fsp3) is 0.316. The third-order valence-electron chi connectivity index (χ3n) is 3.56. The van der Waals surface area contributed by atoms with Crippen LogP contribution in [-0.2, 0) is 11.3 Å². The molecule has 0 spiro atoms. The summed E-state index contributed by atoms with van der Waals surface area (Å²) < 4.78 is 21.4. The van der Waals surface area contributed by atoms with Crippen molar-refractivity contribution in [1.29, 1.82) is 0 Å². The van der Waals surface area contributed by atoms with Crippen molar-refractivity contribution in [2.75, 3.05) is 27.9 Å². The van der Waals surface area contributed by atoms with Gasteiger partial charge in [0.05, 0.1) is 34.4 Å². The molecule has 0 bridgehead atoms. The fourth-order valence-electron chi connectivity index (χ4n) is 2.30. The highest BCUT2D eigenvalue weighted by Crippen LogP contribution is 2.38. The minimum absolute atomic E-state index is 0.0929. The van der Waals surface area contributed by atoms with E-state index in [2.05, 4.69) is 5.32 Å². The first kappa shape index (κ1) is 18.4. The van der Waals surface area contributed by atoms with Crippen molar-refractivity contribution in [1.82, 2.24) is 5.32 Å². The molecule has 0 fully saturated rings. The largest absolute Gasteiger partial charge is 0.493 e. The van der Waals surface area contributed by atoms with Crippen LogP contribution in [0.2, 0.25) is 0 Å². The lowest BCUT2D eigenvalue weighted by atomic mass is 10.1. The Balaban J connectivity index is 1.86. The molecule has 0 aromatic heterocycles. The van der Waals surface area contributed by atoms with Crippen molar-refractivity contribution in [2.45, 2.75) is 13.0 Å². The molecule has 1 amide bonds. The summed E-state index contributed by atoms with van der Waals surface area (Å²) in [5, 5.41) is 2.85. The maximum Gasteiger partial charge on any atom is 0.223 e. The van der Waals surface area contributed by atoms with E-state index in [0.29, 0.717) is 30.4 Å². The van der Waals surface area contributed by atoms with Crippen LogP contribution in [0, 0.1) is 0 Å². The predicted octanol–water partition coefficient (Wildman–Crippen LogP) is 2.80. The Kier molecular flexibility index (Phi) is 6.95. The van der Waals surface area contributed by atoms with Crippen LogP contribution in [0.5, 0.6) is 23.0 Å². The van der Waals surface area contributed by atoms with Gasteiger partial charge in [0, 0.05) is 6.54 Å². The zero-order chi connectivity index (χ0) is 18.1. The quantitative estimate of drug-likeness (QED) is 0.757. The van der Waals surface area contributed by atoms with Crippen molar-refractivity contribution >= 4 is 5.91 Å². The summed E-state index contributed by atoms with van der Waals surface area (Å²) in [5.74, 6) is 2.29. The number of hydrogen-bond acceptors (Lipinski definition) is 5. The van der Waals surface area contributed by atoms with E-state index in [9.17, 15) is 4.79 Å². The molecule has 0 heterocycles. The van der Waals surface area contributed by atoms with Crippen LogP contribution < -0.4 is 24.3 Å². The molecule has 0 radical (unpaired) electrons. The van der Waals surface area contributed by atoms with E-state index in [-0.39, 0.29) is 12.3 Å². The molecule has 2 aromatic rings. The van der Waals surface area contributed by atoms with E-state index < -0.39 is 0 Å². The third-order valence-corrected chi connectivity index (χ3v) is 3.56. The molecule has 0 aliphatic rings. The number of carbonyl (C=O) groups is 1. The molecule has 0 saturated heterocycles. The molecule has 2 rings (SSSR count). The third kappa shape index (κ3) is 5.31. The number of nitrogens with one attached hydrogen (secondary N) is 1. The molecular formula is C19H23NO5. The molecular weight excluding hydrogens is 322 g/mol. The summed E-state index contributed by atoms with van der Waals surface area (Å²) in [6.45, 7) is 0.686. The molecule has 6 nitrogen and oxygen atoms in total. The number of ether oxygens (including phenoxy) is 4. The van der Waals surface area contributed by atoms with Gasteiger partial charge in [0.1, 0.15) is 5.75 Å². The van der Waals surface area contributed by atoms with E-state index in [1.54, 1.807) is 21.3 Å². The van der Waals surface area contributed by atoms with Gasteiger partial charge in [-0.3, -0.25) is 4.79 Å². The normalized spacial score (nSPS) is 10.0. The van der Waals surface area contributed by atoms with E-state index in [1.807, 2.05) is 42.5 Å². The lowest BCUT2D eigenvalue weighted by Gasteiger charge is -2.14. The van der Waals surface area contributed by atoms with Crippen molar-refractivity contribution in [2.24, 2.45) is 0 Å². The highest BCUT2D eigenvalue weighted by molar-refractivity contribution is 5.76. The first-order chi connectivity index (χ1) is 12.2. The van der Waals surface area contributed by atoms with Gasteiger partial charge in [-0.05, 0) is 29.8 Å². The number of hydrogen-bond donors (Lipinski definition) is 1. The molecule has 0 unspecified atom stereocenters. The fourth-order valence-corrected chi connectivity index (χ4v) is 2.30. The number of rotatable bonds is 9. The maximum atomic E-state index is 12.0. The van der Waals surface area contributed by atoms with Crippen LogP contribution in [0.1, 0.15) is 12.0 Å². The summed E-state index contributed by atoms with van der Waals surface area (Å²) in [6.07, 6.45) is 0.277. The second-order valence-corrected chi connectivity index (χ2v) is 5.22. The summed E-state index contributed by atoms with van der Waals surface area (Å²) >= 11 is 0. The lowest BCUT2D eigenvalue weighted by molar-refractivity contribution is -0.121. The second kappa shape index (κ2) is 9.42. The molecule has 1 N–H and O–H groups in total. The smallest absolute Gasteiger partial charge is 0.223 e. The standard InChI is InChI=1S/C19H23NO5/c1-22-16-11-14(12-17(23-2)19(16)24-3)13-20-18(21)9-10-25-15-7-5-4-6-8-15/h4-8,11-12H,9-10,13H2,1-3H3,(H,20,21). The highest BCUT2D eigenvalue weighted by Gasteiger charge is 2.13. The Morgan fingerprint density at radius 2 is 1.60 bits per heavy atom. The van der Waals surface area contributed by atoms with Crippen LogP contribution in [-0.4, -0.2) is 33.8 Å². The van der Waals surface area contributed by atoms with Crippen LogP contribution >= 0.6 is 0 Å². The van der Waals surface area contributed by atoms with Crippen molar-refractivity contribution in [3.63, 3.8) is 0 Å². The minimum Gasteiger partial charge on any atom is -0.493 e. The number of benzene rings is 2. The minimum atomic E-state index is -0.0929. The molecule has 2 aromatic carbocycles. The zero-order valence-corrected chi connectivity index (χ0v) is 14.7. The number of amides is 1. The Morgan fingerprint density at radius 3 is 2.16 bits per heavy atom. The summed E-state index contributed by atoms with van der Waals surface area (Å²) in [7, 11) is 4.66. The van der Waals surface area contributed by atoms with Gasteiger partial charge in [-0.2, -0.15) is 0 Å². The number of para-hydroxylation sites is 1. The second-order valence-electron chi connectivity index (χ2n) is 5.22. The van der Waals surface area contributed by atoms with Gasteiger partial charge in [-0.15, -0.1) is 0 Å². The Morgan fingerprint density at radius 1 is 0.960 bits per heavy atom. The molecule has 134 valence electrons. The summed E-state index contributed by atoms with van der Waals surface area (Å²) in [6, 6.07) is 13.0. The summed E-state index contributed by atoms with van der Waals surface area (Å²) in [5.41, 5.74) is 0.854. The monoisotopic (exact) mass is 345 g/mol. The van der Waals surface area contributed by atoms with Gasteiger partial charge >= 0.3 is 0 Å². The molecule has 6 heteroatoms. The van der Waals surface area contributed by atoms with E-state index in [4.69, 9.17) is 18.9 Å². The summed E-state index contributed by atoms with van der Waals surface area (Å²) in [4.78, 5) is 12.0. The van der Waals surface area contributed by atoms with Gasteiger partial charge in [0.25, 0.3) is 0 Å². The molecule has 25 heavy (non-hydrogen) atoms. The van der Waals surface area contributed by atoms with Gasteiger partial charge in [-0.25, -0.2) is 0 Å². The molecule has 0 atom stereocenters. The lowest BCUT2D eigenvalue weighted by Crippen LogP contribution is -2.24. The zero-order valence-electron chi connectivity index (χ0n) is 14.7. The van der Waals surface area contributed by atoms with E-state index >= 15 is 0 Å². The van der Waals surface area contributed by atoms with Crippen molar-refractivity contribution in [3.8, 4) is 23.0 Å². The average Bonchev–Trinajstić information content (AvgIpc) is 2.66. The Labute approximate surface area is 147 Å². The van der Waals surface area contributed by atoms with Gasteiger partial charge in [0.15, 0.2) is 11.5 Å². The first-order valence-corrected chi connectivity index (χ1v) is 7.91.